The molecule has 0 fully saturated rings. The number of aryl methyl sites for hydroxylation is 1. The second-order valence-corrected chi connectivity index (χ2v) is 9.96. The molecule has 11 heteroatoms. The summed E-state index contributed by atoms with van der Waals surface area (Å²) in [7, 11) is 0. The molecule has 180 valence electrons. The fourth-order valence-corrected chi connectivity index (χ4v) is 5.70. The number of nitro groups is 1. The zero-order valence-electron chi connectivity index (χ0n) is 18.8. The highest BCUT2D eigenvalue weighted by Gasteiger charge is 2.23. The van der Waals surface area contributed by atoms with Gasteiger partial charge in [0.2, 0.25) is 0 Å². The van der Waals surface area contributed by atoms with Crippen LogP contribution < -0.4 is 5.56 Å². The van der Waals surface area contributed by atoms with Gasteiger partial charge in [-0.3, -0.25) is 19.5 Å². The van der Waals surface area contributed by atoms with Gasteiger partial charge in [0.25, 0.3) is 11.2 Å². The molecular weight excluding hydrogens is 510 g/mol. The number of thiophene rings is 1. The molecule has 0 saturated heterocycles. The number of halogens is 1. The van der Waals surface area contributed by atoms with Crippen LogP contribution in [0.4, 0.5) is 5.69 Å². The predicted molar refractivity (Wildman–Crippen MR) is 138 cm³/mol. The third-order valence-corrected chi connectivity index (χ3v) is 7.68. The highest BCUT2D eigenvalue weighted by atomic mass is 35.5. The summed E-state index contributed by atoms with van der Waals surface area (Å²) >= 11 is 8.44. The molecule has 0 bridgehead atoms. The van der Waals surface area contributed by atoms with E-state index in [0.29, 0.717) is 36.6 Å². The molecule has 0 aliphatic carbocycles. The summed E-state index contributed by atoms with van der Waals surface area (Å²) in [5.74, 6) is -0.113. The van der Waals surface area contributed by atoms with Crippen molar-refractivity contribution in [3.05, 3.63) is 95.6 Å². The van der Waals surface area contributed by atoms with E-state index in [9.17, 15) is 19.7 Å². The van der Waals surface area contributed by atoms with E-state index in [1.165, 1.54) is 23.9 Å². The lowest BCUT2D eigenvalue weighted by atomic mass is 10.2. The van der Waals surface area contributed by atoms with Crippen LogP contribution in [0.15, 0.2) is 58.5 Å². The lowest BCUT2D eigenvalue weighted by Gasteiger charge is -2.12. The first-order chi connectivity index (χ1) is 16.8. The Kier molecular flexibility index (Phi) is 7.54. The molecule has 2 heterocycles. The number of ether oxygens (including phenoxy) is 1. The van der Waals surface area contributed by atoms with Crippen LogP contribution in [0, 0.1) is 17.0 Å². The Balaban J connectivity index is 1.79. The van der Waals surface area contributed by atoms with Crippen molar-refractivity contribution in [2.45, 2.75) is 31.3 Å². The molecule has 0 saturated carbocycles. The largest absolute Gasteiger partial charge is 0.462 e. The molecule has 0 aliphatic rings. The van der Waals surface area contributed by atoms with E-state index in [4.69, 9.17) is 21.3 Å². The van der Waals surface area contributed by atoms with Gasteiger partial charge >= 0.3 is 5.97 Å². The third-order valence-electron chi connectivity index (χ3n) is 5.22. The van der Waals surface area contributed by atoms with Gasteiger partial charge in [-0.15, -0.1) is 11.3 Å². The van der Waals surface area contributed by atoms with Crippen molar-refractivity contribution in [2.75, 3.05) is 6.61 Å². The van der Waals surface area contributed by atoms with Crippen molar-refractivity contribution in [3.63, 3.8) is 0 Å². The highest BCUT2D eigenvalue weighted by Crippen LogP contribution is 2.31. The van der Waals surface area contributed by atoms with Gasteiger partial charge in [-0.1, -0.05) is 47.6 Å². The number of hydrogen-bond acceptors (Lipinski definition) is 8. The molecule has 0 spiro atoms. The summed E-state index contributed by atoms with van der Waals surface area (Å²) in [6.45, 7) is 3.92. The summed E-state index contributed by atoms with van der Waals surface area (Å²) in [4.78, 5) is 42.3. The van der Waals surface area contributed by atoms with Crippen molar-refractivity contribution in [1.82, 2.24) is 9.55 Å². The smallest absolute Gasteiger partial charge is 0.348 e. The molecule has 2 aromatic heterocycles. The Morgan fingerprint density at radius 1 is 1.23 bits per heavy atom. The van der Waals surface area contributed by atoms with Crippen LogP contribution in [-0.2, 0) is 17.0 Å². The molecule has 2 aromatic carbocycles. The maximum Gasteiger partial charge on any atom is 0.348 e. The molecule has 0 amide bonds. The van der Waals surface area contributed by atoms with E-state index < -0.39 is 10.9 Å². The van der Waals surface area contributed by atoms with E-state index in [1.807, 2.05) is 12.1 Å². The van der Waals surface area contributed by atoms with Gasteiger partial charge < -0.3 is 4.74 Å². The van der Waals surface area contributed by atoms with Crippen LogP contribution in [0.3, 0.4) is 0 Å². The summed E-state index contributed by atoms with van der Waals surface area (Å²) in [6, 6.07) is 13.5. The molecule has 4 aromatic rings. The number of aromatic nitrogens is 2. The van der Waals surface area contributed by atoms with Gasteiger partial charge in [-0.05, 0) is 42.7 Å². The first-order valence-corrected chi connectivity index (χ1v) is 12.8. The second-order valence-electron chi connectivity index (χ2n) is 7.58. The number of non-ortho nitro benzene ring substituents is 1. The standard InChI is InChI=1S/C24H20ClN3O5S2/c1-3-33-23(30)20-14(2)19-21(35-20)26-24(34-13-16-5-4-6-18(11-16)28(31)32)27(22(19)29)12-15-7-9-17(25)10-8-15/h4-11H,3,12-13H2,1-2H3. The number of esters is 1. The zero-order valence-corrected chi connectivity index (χ0v) is 21.2. The van der Waals surface area contributed by atoms with Gasteiger partial charge in [0.15, 0.2) is 5.16 Å². The minimum absolute atomic E-state index is 0.00183. The van der Waals surface area contributed by atoms with E-state index in [-0.39, 0.29) is 24.4 Å². The summed E-state index contributed by atoms with van der Waals surface area (Å²) < 4.78 is 6.70. The minimum Gasteiger partial charge on any atom is -0.462 e. The SMILES string of the molecule is CCOC(=O)c1sc2nc(SCc3cccc([N+](=O)[O-])c3)n(Cc3ccc(Cl)cc3)c(=O)c2c1C. The predicted octanol–water partition coefficient (Wildman–Crippen LogP) is 5.85. The molecule has 8 nitrogen and oxygen atoms in total. The monoisotopic (exact) mass is 529 g/mol. The molecular formula is C24H20ClN3O5S2. The zero-order chi connectivity index (χ0) is 25.1. The maximum atomic E-state index is 13.6. The van der Waals surface area contributed by atoms with Crippen molar-refractivity contribution >= 4 is 56.6 Å². The molecule has 0 atom stereocenters. The number of benzene rings is 2. The van der Waals surface area contributed by atoms with Crippen LogP contribution in [0.1, 0.15) is 33.3 Å². The Morgan fingerprint density at radius 3 is 2.66 bits per heavy atom. The van der Waals surface area contributed by atoms with Crippen LogP contribution in [-0.4, -0.2) is 27.1 Å². The fraction of sp³-hybridized carbons (Fsp3) is 0.208. The van der Waals surface area contributed by atoms with E-state index in [1.54, 1.807) is 42.7 Å². The molecule has 0 aliphatic heterocycles. The second kappa shape index (κ2) is 10.6. The van der Waals surface area contributed by atoms with Gasteiger partial charge in [0.1, 0.15) is 9.71 Å². The van der Waals surface area contributed by atoms with E-state index in [0.717, 1.165) is 22.5 Å². The number of rotatable bonds is 8. The van der Waals surface area contributed by atoms with Crippen LogP contribution in [0.5, 0.6) is 0 Å². The lowest BCUT2D eigenvalue weighted by molar-refractivity contribution is -0.384. The molecule has 0 unspecified atom stereocenters. The van der Waals surface area contributed by atoms with E-state index >= 15 is 0 Å². The lowest BCUT2D eigenvalue weighted by Crippen LogP contribution is -2.24. The fourth-order valence-electron chi connectivity index (χ4n) is 3.52. The third kappa shape index (κ3) is 5.39. The summed E-state index contributed by atoms with van der Waals surface area (Å²) in [5, 5.41) is 12.5. The van der Waals surface area contributed by atoms with Crippen LogP contribution >= 0.6 is 34.7 Å². The van der Waals surface area contributed by atoms with Gasteiger partial charge in [0, 0.05) is 22.9 Å². The molecule has 4 rings (SSSR count). The van der Waals surface area contributed by atoms with Gasteiger partial charge in [0.05, 0.1) is 23.5 Å². The quantitative estimate of drug-likeness (QED) is 0.0927. The summed E-state index contributed by atoms with van der Waals surface area (Å²) in [6.07, 6.45) is 0. The number of thioether (sulfide) groups is 1. The number of nitro benzene ring substituents is 1. The Labute approximate surface area is 213 Å². The molecule has 35 heavy (non-hydrogen) atoms. The van der Waals surface area contributed by atoms with Crippen LogP contribution in [0.25, 0.3) is 10.2 Å². The van der Waals surface area contributed by atoms with Crippen molar-refractivity contribution in [3.8, 4) is 0 Å². The van der Waals surface area contributed by atoms with Gasteiger partial charge in [-0.2, -0.15) is 0 Å². The average molecular weight is 530 g/mol. The van der Waals surface area contributed by atoms with Crippen molar-refractivity contribution in [2.24, 2.45) is 0 Å². The Bertz CT molecular complexity index is 1480. The van der Waals surface area contributed by atoms with Crippen molar-refractivity contribution in [1.29, 1.82) is 0 Å². The molecule has 0 radical (unpaired) electrons. The topological polar surface area (TPSA) is 104 Å². The van der Waals surface area contributed by atoms with Gasteiger partial charge in [-0.25, -0.2) is 9.78 Å². The van der Waals surface area contributed by atoms with Crippen LogP contribution in [0.2, 0.25) is 5.02 Å². The van der Waals surface area contributed by atoms with E-state index in [2.05, 4.69) is 0 Å². The first-order valence-electron chi connectivity index (χ1n) is 10.6. The van der Waals surface area contributed by atoms with Crippen molar-refractivity contribution < 1.29 is 14.5 Å². The highest BCUT2D eigenvalue weighted by molar-refractivity contribution is 7.98. The normalized spacial score (nSPS) is 11.1. The summed E-state index contributed by atoms with van der Waals surface area (Å²) in [5.41, 5.74) is 1.86. The molecule has 0 N–H and O–H groups in total. The Morgan fingerprint density at radius 2 is 1.97 bits per heavy atom. The maximum absolute atomic E-state index is 13.6. The average Bonchev–Trinajstić information content (AvgIpc) is 3.17. The number of nitrogens with zero attached hydrogens (tertiary/aromatic N) is 3. The number of fused-ring (bicyclic) bond motifs is 1. The minimum atomic E-state index is -0.484. The number of carbonyl (C=O) groups is 1. The Hall–Kier alpha value is -3.21. The number of carbonyl (C=O) groups excluding carboxylic acids is 1. The number of hydrogen-bond donors (Lipinski definition) is 0. The first kappa shape index (κ1) is 24.9.